The van der Waals surface area contributed by atoms with E-state index in [2.05, 4.69) is 10.6 Å². The number of halogens is 1. The molecule has 0 aromatic heterocycles. The molecule has 5 nitrogen and oxygen atoms in total. The molecule has 2 amide bonds. The lowest BCUT2D eigenvalue weighted by atomic mass is 9.97. The van der Waals surface area contributed by atoms with Gasteiger partial charge in [-0.05, 0) is 19.1 Å². The lowest BCUT2D eigenvalue weighted by Crippen LogP contribution is -2.48. The number of para-hydroxylation sites is 1. The Hall–Kier alpha value is -1.66. The quantitative estimate of drug-likeness (QED) is 0.777. The molecule has 0 saturated carbocycles. The van der Waals surface area contributed by atoms with Gasteiger partial charge in [0.2, 0.25) is 0 Å². The number of amides is 2. The summed E-state index contributed by atoms with van der Waals surface area (Å²) in [5.74, 6) is -0.506. The summed E-state index contributed by atoms with van der Waals surface area (Å²) >= 11 is 0. The van der Waals surface area contributed by atoms with Crippen molar-refractivity contribution in [3.63, 3.8) is 0 Å². The van der Waals surface area contributed by atoms with Gasteiger partial charge in [0.15, 0.2) is 0 Å². The van der Waals surface area contributed by atoms with E-state index in [1.165, 1.54) is 12.1 Å². The van der Waals surface area contributed by atoms with Crippen molar-refractivity contribution < 1.29 is 19.0 Å². The van der Waals surface area contributed by atoms with Crippen molar-refractivity contribution in [1.82, 2.24) is 5.32 Å². The summed E-state index contributed by atoms with van der Waals surface area (Å²) in [5, 5.41) is 15.1. The molecule has 1 heterocycles. The van der Waals surface area contributed by atoms with Crippen LogP contribution in [0.25, 0.3) is 0 Å². The molecule has 1 aromatic carbocycles. The standard InChI is InChI=1S/C13H17FN2O3/c1-9-13(18,6-7-19-9)8-15-12(17)16-11-5-3-2-4-10(11)14/h2-5,9,18H,6-8H2,1H3,(H2,15,16,17). The van der Waals surface area contributed by atoms with Gasteiger partial charge in [-0.25, -0.2) is 9.18 Å². The molecule has 19 heavy (non-hydrogen) atoms. The Kier molecular flexibility index (Phi) is 4.01. The maximum Gasteiger partial charge on any atom is 0.319 e. The Balaban J connectivity index is 1.87. The molecule has 0 radical (unpaired) electrons. The molecule has 1 saturated heterocycles. The summed E-state index contributed by atoms with van der Waals surface area (Å²) in [6, 6.07) is 5.33. The molecule has 1 aliphatic heterocycles. The van der Waals surface area contributed by atoms with Crippen molar-refractivity contribution in [2.24, 2.45) is 0 Å². The van der Waals surface area contributed by atoms with Gasteiger partial charge in [-0.3, -0.25) is 0 Å². The molecule has 2 unspecified atom stereocenters. The number of benzene rings is 1. The van der Waals surface area contributed by atoms with Gasteiger partial charge in [-0.1, -0.05) is 12.1 Å². The number of carbonyl (C=O) groups is 1. The second-order valence-electron chi connectivity index (χ2n) is 4.65. The van der Waals surface area contributed by atoms with Crippen molar-refractivity contribution >= 4 is 11.7 Å². The predicted molar refractivity (Wildman–Crippen MR) is 68.4 cm³/mol. The number of hydrogen-bond donors (Lipinski definition) is 3. The molecule has 0 bridgehead atoms. The summed E-state index contributed by atoms with van der Waals surface area (Å²) in [7, 11) is 0. The minimum absolute atomic E-state index is 0.0639. The molecule has 2 rings (SSSR count). The van der Waals surface area contributed by atoms with Crippen LogP contribution in [0.1, 0.15) is 13.3 Å². The van der Waals surface area contributed by atoms with E-state index < -0.39 is 17.4 Å². The van der Waals surface area contributed by atoms with E-state index in [4.69, 9.17) is 4.74 Å². The monoisotopic (exact) mass is 268 g/mol. The highest BCUT2D eigenvalue weighted by Gasteiger charge is 2.39. The first-order valence-corrected chi connectivity index (χ1v) is 6.15. The number of nitrogens with one attached hydrogen (secondary N) is 2. The maximum atomic E-state index is 13.3. The lowest BCUT2D eigenvalue weighted by Gasteiger charge is -2.26. The number of urea groups is 1. The molecule has 6 heteroatoms. The molecule has 1 aliphatic rings. The molecule has 1 aromatic rings. The summed E-state index contributed by atoms with van der Waals surface area (Å²) in [5.41, 5.74) is -0.963. The second-order valence-corrected chi connectivity index (χ2v) is 4.65. The number of rotatable bonds is 3. The van der Waals surface area contributed by atoms with Crippen molar-refractivity contribution in [3.8, 4) is 0 Å². The minimum Gasteiger partial charge on any atom is -0.385 e. The zero-order valence-electron chi connectivity index (χ0n) is 10.6. The molecule has 104 valence electrons. The largest absolute Gasteiger partial charge is 0.385 e. The number of hydrogen-bond acceptors (Lipinski definition) is 3. The number of anilines is 1. The van der Waals surface area contributed by atoms with E-state index in [-0.39, 0.29) is 18.3 Å². The fraction of sp³-hybridized carbons (Fsp3) is 0.462. The third-order valence-electron chi connectivity index (χ3n) is 3.34. The molecular formula is C13H17FN2O3. The number of aliphatic hydroxyl groups is 1. The Morgan fingerprint density at radius 2 is 2.32 bits per heavy atom. The second kappa shape index (κ2) is 5.54. The van der Waals surface area contributed by atoms with Crippen LogP contribution < -0.4 is 10.6 Å². The van der Waals surface area contributed by atoms with Gasteiger partial charge in [0.25, 0.3) is 0 Å². The van der Waals surface area contributed by atoms with E-state index in [0.717, 1.165) is 0 Å². The average molecular weight is 268 g/mol. The molecule has 0 aliphatic carbocycles. The van der Waals surface area contributed by atoms with Crippen LogP contribution in [0.2, 0.25) is 0 Å². The van der Waals surface area contributed by atoms with E-state index in [1.54, 1.807) is 19.1 Å². The van der Waals surface area contributed by atoms with Crippen molar-refractivity contribution in [2.45, 2.75) is 25.0 Å². The molecule has 0 spiro atoms. The van der Waals surface area contributed by atoms with E-state index in [1.807, 2.05) is 0 Å². The Bertz CT molecular complexity index is 469. The van der Waals surface area contributed by atoms with E-state index in [0.29, 0.717) is 13.0 Å². The van der Waals surface area contributed by atoms with Crippen LogP contribution in [0.3, 0.4) is 0 Å². The molecule has 1 fully saturated rings. The van der Waals surface area contributed by atoms with Crippen LogP contribution in [0, 0.1) is 5.82 Å². The summed E-state index contributed by atoms with van der Waals surface area (Å²) in [6.07, 6.45) is 0.134. The van der Waals surface area contributed by atoms with Gasteiger partial charge in [-0.15, -0.1) is 0 Å². The predicted octanol–water partition coefficient (Wildman–Crippen LogP) is 1.49. The first-order chi connectivity index (χ1) is 9.01. The Morgan fingerprint density at radius 3 is 2.95 bits per heavy atom. The summed E-state index contributed by atoms with van der Waals surface area (Å²) in [6.45, 7) is 2.28. The normalized spacial score (nSPS) is 26.2. The van der Waals surface area contributed by atoms with Crippen molar-refractivity contribution in [2.75, 3.05) is 18.5 Å². The van der Waals surface area contributed by atoms with Crippen LogP contribution >= 0.6 is 0 Å². The molecular weight excluding hydrogens is 251 g/mol. The summed E-state index contributed by atoms with van der Waals surface area (Å²) in [4.78, 5) is 11.6. The SMILES string of the molecule is CC1OCCC1(O)CNC(=O)Nc1ccccc1F. The maximum absolute atomic E-state index is 13.3. The smallest absolute Gasteiger partial charge is 0.319 e. The minimum atomic E-state index is -1.06. The first kappa shape index (κ1) is 13.8. The van der Waals surface area contributed by atoms with Gasteiger partial charge in [0, 0.05) is 13.0 Å². The zero-order valence-corrected chi connectivity index (χ0v) is 10.6. The lowest BCUT2D eigenvalue weighted by molar-refractivity contribution is -0.0241. The van der Waals surface area contributed by atoms with Crippen molar-refractivity contribution in [3.05, 3.63) is 30.1 Å². The fourth-order valence-electron chi connectivity index (χ4n) is 1.97. The van der Waals surface area contributed by atoms with Crippen LogP contribution in [0.15, 0.2) is 24.3 Å². The van der Waals surface area contributed by atoms with Gasteiger partial charge in [0.1, 0.15) is 11.4 Å². The number of ether oxygens (including phenoxy) is 1. The first-order valence-electron chi connectivity index (χ1n) is 6.15. The van der Waals surface area contributed by atoms with Crippen LogP contribution in [0.5, 0.6) is 0 Å². The summed E-state index contributed by atoms with van der Waals surface area (Å²) < 4.78 is 18.6. The van der Waals surface area contributed by atoms with Gasteiger partial charge >= 0.3 is 6.03 Å². The third kappa shape index (κ3) is 3.21. The number of carbonyl (C=O) groups excluding carboxylic acids is 1. The highest BCUT2D eigenvalue weighted by atomic mass is 19.1. The highest BCUT2D eigenvalue weighted by Crippen LogP contribution is 2.24. The Labute approximate surface area is 110 Å². The van der Waals surface area contributed by atoms with E-state index >= 15 is 0 Å². The topological polar surface area (TPSA) is 70.6 Å². The van der Waals surface area contributed by atoms with Crippen LogP contribution in [-0.2, 0) is 4.74 Å². The zero-order chi connectivity index (χ0) is 13.9. The Morgan fingerprint density at radius 1 is 1.58 bits per heavy atom. The van der Waals surface area contributed by atoms with Crippen LogP contribution in [-0.4, -0.2) is 36.0 Å². The third-order valence-corrected chi connectivity index (χ3v) is 3.34. The van der Waals surface area contributed by atoms with Crippen LogP contribution in [0.4, 0.5) is 14.9 Å². The van der Waals surface area contributed by atoms with Gasteiger partial charge in [-0.2, -0.15) is 0 Å². The highest BCUT2D eigenvalue weighted by molar-refractivity contribution is 5.89. The fourth-order valence-corrected chi connectivity index (χ4v) is 1.97. The van der Waals surface area contributed by atoms with Gasteiger partial charge < -0.3 is 20.5 Å². The molecule has 3 N–H and O–H groups in total. The molecule has 2 atom stereocenters. The average Bonchev–Trinajstić information content (AvgIpc) is 2.71. The van der Waals surface area contributed by atoms with E-state index in [9.17, 15) is 14.3 Å². The van der Waals surface area contributed by atoms with Gasteiger partial charge in [0.05, 0.1) is 18.3 Å². The van der Waals surface area contributed by atoms with Crippen molar-refractivity contribution in [1.29, 1.82) is 0 Å².